The van der Waals surface area contributed by atoms with Gasteiger partial charge in [0.05, 0.1) is 10.6 Å². The van der Waals surface area contributed by atoms with Gasteiger partial charge in [0.2, 0.25) is 0 Å². The Labute approximate surface area is 92.4 Å². The zero-order chi connectivity index (χ0) is 10.6. The summed E-state index contributed by atoms with van der Waals surface area (Å²) < 4.78 is 6.45. The number of hydrogen-bond acceptors (Lipinski definition) is 2. The molecule has 0 fully saturated rings. The summed E-state index contributed by atoms with van der Waals surface area (Å²) in [4.78, 5) is 10.5. The van der Waals surface area contributed by atoms with E-state index in [4.69, 9.17) is 4.74 Å². The van der Waals surface area contributed by atoms with Gasteiger partial charge in [0.1, 0.15) is 12.0 Å². The van der Waals surface area contributed by atoms with E-state index in [1.165, 1.54) is 0 Å². The lowest BCUT2D eigenvalue weighted by Gasteiger charge is -2.13. The fraction of sp³-hybridized carbons (Fsp3) is 0.364. The van der Waals surface area contributed by atoms with E-state index < -0.39 is 0 Å². The number of aldehydes is 1. The van der Waals surface area contributed by atoms with E-state index in [1.54, 1.807) is 18.2 Å². The average Bonchev–Trinajstić information content (AvgIpc) is 2.20. The van der Waals surface area contributed by atoms with Gasteiger partial charge in [0.15, 0.2) is 0 Å². The Morgan fingerprint density at radius 2 is 2.29 bits per heavy atom. The van der Waals surface area contributed by atoms with Crippen LogP contribution in [0.3, 0.4) is 0 Å². The van der Waals surface area contributed by atoms with E-state index in [1.807, 2.05) is 6.92 Å². The molecule has 0 aliphatic heterocycles. The van der Waals surface area contributed by atoms with Crippen molar-refractivity contribution in [3.05, 3.63) is 28.2 Å². The van der Waals surface area contributed by atoms with E-state index >= 15 is 0 Å². The van der Waals surface area contributed by atoms with Crippen LogP contribution in [0.4, 0.5) is 0 Å². The zero-order valence-electron chi connectivity index (χ0n) is 8.29. The molecule has 0 aromatic heterocycles. The van der Waals surface area contributed by atoms with Crippen LogP contribution in [0.1, 0.15) is 30.6 Å². The molecule has 0 aliphatic carbocycles. The number of carbonyl (C=O) groups is 1. The number of halogens is 1. The van der Waals surface area contributed by atoms with Gasteiger partial charge in [-0.2, -0.15) is 0 Å². The second-order valence-electron chi connectivity index (χ2n) is 3.14. The summed E-state index contributed by atoms with van der Waals surface area (Å²) in [6.45, 7) is 4.08. The highest BCUT2D eigenvalue weighted by Gasteiger charge is 2.05. The van der Waals surface area contributed by atoms with E-state index in [9.17, 15) is 4.79 Å². The van der Waals surface area contributed by atoms with Gasteiger partial charge >= 0.3 is 0 Å². The molecular weight excluding hydrogens is 244 g/mol. The van der Waals surface area contributed by atoms with Crippen molar-refractivity contribution in [2.75, 3.05) is 0 Å². The molecular formula is C11H13BrO2. The largest absolute Gasteiger partial charge is 0.490 e. The number of ether oxygens (including phenoxy) is 1. The smallest absolute Gasteiger partial charge is 0.150 e. The minimum Gasteiger partial charge on any atom is -0.490 e. The van der Waals surface area contributed by atoms with Gasteiger partial charge < -0.3 is 4.74 Å². The summed E-state index contributed by atoms with van der Waals surface area (Å²) in [6.07, 6.45) is 1.97. The third-order valence-corrected chi connectivity index (χ3v) is 2.61. The molecule has 0 saturated carbocycles. The standard InChI is InChI=1S/C11H13BrO2/c1-3-8(2)14-11-5-4-9(7-13)6-10(11)12/h4-8H,3H2,1-2H3. The molecule has 0 bridgehead atoms. The van der Waals surface area contributed by atoms with Crippen molar-refractivity contribution in [3.8, 4) is 5.75 Å². The van der Waals surface area contributed by atoms with Gasteiger partial charge in [-0.25, -0.2) is 0 Å². The molecule has 0 spiro atoms. The fourth-order valence-electron chi connectivity index (χ4n) is 0.986. The van der Waals surface area contributed by atoms with E-state index in [0.717, 1.165) is 22.9 Å². The van der Waals surface area contributed by atoms with Crippen molar-refractivity contribution >= 4 is 22.2 Å². The second kappa shape index (κ2) is 5.15. The van der Waals surface area contributed by atoms with E-state index in [2.05, 4.69) is 22.9 Å². The highest BCUT2D eigenvalue weighted by Crippen LogP contribution is 2.26. The van der Waals surface area contributed by atoms with Crippen molar-refractivity contribution in [1.82, 2.24) is 0 Å². The van der Waals surface area contributed by atoms with Crippen molar-refractivity contribution < 1.29 is 9.53 Å². The number of benzene rings is 1. The molecule has 3 heteroatoms. The SMILES string of the molecule is CCC(C)Oc1ccc(C=O)cc1Br. The lowest BCUT2D eigenvalue weighted by Crippen LogP contribution is -2.10. The van der Waals surface area contributed by atoms with E-state index in [-0.39, 0.29) is 6.10 Å². The highest BCUT2D eigenvalue weighted by molar-refractivity contribution is 9.10. The normalized spacial score (nSPS) is 12.2. The molecule has 14 heavy (non-hydrogen) atoms. The van der Waals surface area contributed by atoms with Crippen molar-refractivity contribution in [3.63, 3.8) is 0 Å². The topological polar surface area (TPSA) is 26.3 Å². The molecule has 2 nitrogen and oxygen atoms in total. The first kappa shape index (κ1) is 11.2. The summed E-state index contributed by atoms with van der Waals surface area (Å²) in [7, 11) is 0. The minimum absolute atomic E-state index is 0.188. The molecule has 0 heterocycles. The molecule has 1 aromatic carbocycles. The van der Waals surface area contributed by atoms with Gasteiger partial charge in [0, 0.05) is 5.56 Å². The maximum Gasteiger partial charge on any atom is 0.150 e. The molecule has 0 amide bonds. The number of rotatable bonds is 4. The summed E-state index contributed by atoms with van der Waals surface area (Å²) in [6, 6.07) is 5.31. The molecule has 1 aromatic rings. The molecule has 1 atom stereocenters. The summed E-state index contributed by atoms with van der Waals surface area (Å²) in [5, 5.41) is 0. The lowest BCUT2D eigenvalue weighted by molar-refractivity contribution is 0.112. The third-order valence-electron chi connectivity index (χ3n) is 2.00. The monoisotopic (exact) mass is 256 g/mol. The van der Waals surface area contributed by atoms with Crippen LogP contribution in [0.15, 0.2) is 22.7 Å². The minimum atomic E-state index is 0.188. The first-order valence-electron chi connectivity index (χ1n) is 4.58. The summed E-state index contributed by atoms with van der Waals surface area (Å²) in [5.41, 5.74) is 0.647. The average molecular weight is 257 g/mol. The molecule has 0 N–H and O–H groups in total. The number of hydrogen-bond donors (Lipinski definition) is 0. The van der Waals surface area contributed by atoms with Crippen molar-refractivity contribution in [2.45, 2.75) is 26.4 Å². The first-order valence-corrected chi connectivity index (χ1v) is 5.38. The lowest BCUT2D eigenvalue weighted by atomic mass is 10.2. The number of carbonyl (C=O) groups excluding carboxylic acids is 1. The van der Waals surface area contributed by atoms with Gasteiger partial charge in [-0.3, -0.25) is 4.79 Å². The molecule has 0 saturated heterocycles. The van der Waals surface area contributed by atoms with Crippen LogP contribution < -0.4 is 4.74 Å². The predicted molar refractivity (Wildman–Crippen MR) is 59.9 cm³/mol. The Morgan fingerprint density at radius 3 is 2.79 bits per heavy atom. The Kier molecular flexibility index (Phi) is 4.14. The fourth-order valence-corrected chi connectivity index (χ4v) is 1.48. The van der Waals surface area contributed by atoms with Gasteiger partial charge in [-0.15, -0.1) is 0 Å². The highest BCUT2D eigenvalue weighted by atomic mass is 79.9. The first-order chi connectivity index (χ1) is 6.67. The van der Waals surface area contributed by atoms with Crippen LogP contribution >= 0.6 is 15.9 Å². The van der Waals surface area contributed by atoms with Crippen molar-refractivity contribution in [2.24, 2.45) is 0 Å². The van der Waals surface area contributed by atoms with Gasteiger partial charge in [0.25, 0.3) is 0 Å². The van der Waals surface area contributed by atoms with Crippen LogP contribution in [0, 0.1) is 0 Å². The molecule has 1 rings (SSSR count). The molecule has 0 radical (unpaired) electrons. The molecule has 1 unspecified atom stereocenters. The molecule has 0 aliphatic rings. The Morgan fingerprint density at radius 1 is 1.57 bits per heavy atom. The van der Waals surface area contributed by atoms with E-state index in [0.29, 0.717) is 5.56 Å². The second-order valence-corrected chi connectivity index (χ2v) is 4.00. The Bertz CT molecular complexity index is 323. The van der Waals surface area contributed by atoms with Crippen LogP contribution in [-0.2, 0) is 0 Å². The summed E-state index contributed by atoms with van der Waals surface area (Å²) >= 11 is 3.36. The molecule has 76 valence electrons. The predicted octanol–water partition coefficient (Wildman–Crippen LogP) is 3.44. The summed E-state index contributed by atoms with van der Waals surface area (Å²) in [5.74, 6) is 0.782. The zero-order valence-corrected chi connectivity index (χ0v) is 9.87. The quantitative estimate of drug-likeness (QED) is 0.772. The third kappa shape index (κ3) is 2.84. The van der Waals surface area contributed by atoms with Crippen LogP contribution in [-0.4, -0.2) is 12.4 Å². The van der Waals surface area contributed by atoms with Crippen LogP contribution in [0.2, 0.25) is 0 Å². The van der Waals surface area contributed by atoms with Gasteiger partial charge in [-0.05, 0) is 47.5 Å². The Hall–Kier alpha value is -0.830. The Balaban J connectivity index is 2.83. The van der Waals surface area contributed by atoms with Crippen molar-refractivity contribution in [1.29, 1.82) is 0 Å². The van der Waals surface area contributed by atoms with Gasteiger partial charge in [-0.1, -0.05) is 6.92 Å². The maximum atomic E-state index is 10.5. The van der Waals surface area contributed by atoms with Crippen LogP contribution in [0.5, 0.6) is 5.75 Å². The van der Waals surface area contributed by atoms with Crippen LogP contribution in [0.25, 0.3) is 0 Å². The maximum absolute atomic E-state index is 10.5.